The number of anilines is 1. The first-order valence-electron chi connectivity index (χ1n) is 6.63. The number of nitrogens with zero attached hydrogens (tertiary/aromatic N) is 1. The van der Waals surface area contributed by atoms with Crippen LogP contribution in [0, 0.1) is 0 Å². The van der Waals surface area contributed by atoms with Crippen molar-refractivity contribution in [2.24, 2.45) is 0 Å². The SMILES string of the molecule is COc1ccccc1NC(=O)c1ccc(COC(C)=O)nc1. The Morgan fingerprint density at radius 3 is 2.59 bits per heavy atom. The van der Waals surface area contributed by atoms with Gasteiger partial charge in [0.05, 0.1) is 24.1 Å². The van der Waals surface area contributed by atoms with E-state index in [1.165, 1.54) is 20.2 Å². The fourth-order valence-corrected chi connectivity index (χ4v) is 1.76. The predicted molar refractivity (Wildman–Crippen MR) is 80.7 cm³/mol. The summed E-state index contributed by atoms with van der Waals surface area (Å²) in [5, 5.41) is 2.76. The summed E-state index contributed by atoms with van der Waals surface area (Å²) >= 11 is 0. The van der Waals surface area contributed by atoms with E-state index >= 15 is 0 Å². The molecule has 0 unspecified atom stereocenters. The molecule has 0 saturated carbocycles. The van der Waals surface area contributed by atoms with Crippen LogP contribution in [0.25, 0.3) is 0 Å². The number of ether oxygens (including phenoxy) is 2. The van der Waals surface area contributed by atoms with E-state index in [2.05, 4.69) is 10.3 Å². The van der Waals surface area contributed by atoms with Crippen molar-refractivity contribution in [2.45, 2.75) is 13.5 Å². The Balaban J connectivity index is 2.05. The fraction of sp³-hybridized carbons (Fsp3) is 0.188. The maximum absolute atomic E-state index is 12.2. The van der Waals surface area contributed by atoms with E-state index < -0.39 is 0 Å². The molecule has 1 aromatic heterocycles. The molecule has 6 heteroatoms. The number of carbonyl (C=O) groups excluding carboxylic acids is 2. The number of nitrogens with one attached hydrogen (secondary N) is 1. The number of hydrogen-bond acceptors (Lipinski definition) is 5. The highest BCUT2D eigenvalue weighted by molar-refractivity contribution is 6.04. The van der Waals surface area contributed by atoms with Crippen molar-refractivity contribution >= 4 is 17.6 Å². The molecular formula is C16H16N2O4. The zero-order valence-corrected chi connectivity index (χ0v) is 12.3. The number of pyridine rings is 1. The first kappa shape index (κ1) is 15.5. The van der Waals surface area contributed by atoms with Gasteiger partial charge in [-0.15, -0.1) is 0 Å². The van der Waals surface area contributed by atoms with Crippen molar-refractivity contribution in [2.75, 3.05) is 12.4 Å². The van der Waals surface area contributed by atoms with Gasteiger partial charge in [-0.25, -0.2) is 0 Å². The molecular weight excluding hydrogens is 284 g/mol. The van der Waals surface area contributed by atoms with Gasteiger partial charge in [0, 0.05) is 13.1 Å². The molecule has 2 rings (SSSR count). The lowest BCUT2D eigenvalue weighted by molar-refractivity contribution is -0.142. The van der Waals surface area contributed by atoms with Crippen LogP contribution in [0.3, 0.4) is 0 Å². The number of rotatable bonds is 5. The van der Waals surface area contributed by atoms with Gasteiger partial charge in [-0.05, 0) is 24.3 Å². The van der Waals surface area contributed by atoms with Crippen LogP contribution in [0.1, 0.15) is 23.0 Å². The molecule has 0 saturated heterocycles. The Morgan fingerprint density at radius 2 is 1.95 bits per heavy atom. The molecule has 1 amide bonds. The number of carbonyl (C=O) groups is 2. The Morgan fingerprint density at radius 1 is 1.18 bits per heavy atom. The third-order valence-corrected chi connectivity index (χ3v) is 2.87. The van der Waals surface area contributed by atoms with E-state index in [1.54, 1.807) is 30.3 Å². The summed E-state index contributed by atoms with van der Waals surface area (Å²) in [4.78, 5) is 27.0. The van der Waals surface area contributed by atoms with Crippen molar-refractivity contribution in [1.29, 1.82) is 0 Å². The summed E-state index contributed by atoms with van der Waals surface area (Å²) in [6.45, 7) is 1.42. The van der Waals surface area contributed by atoms with Crippen LogP contribution >= 0.6 is 0 Å². The lowest BCUT2D eigenvalue weighted by atomic mass is 10.2. The van der Waals surface area contributed by atoms with Crippen LogP contribution < -0.4 is 10.1 Å². The maximum atomic E-state index is 12.2. The Labute approximate surface area is 128 Å². The summed E-state index contributed by atoms with van der Waals surface area (Å²) in [7, 11) is 1.54. The average Bonchev–Trinajstić information content (AvgIpc) is 2.54. The van der Waals surface area contributed by atoms with Crippen molar-refractivity contribution in [3.63, 3.8) is 0 Å². The van der Waals surface area contributed by atoms with Gasteiger partial charge in [-0.2, -0.15) is 0 Å². The van der Waals surface area contributed by atoms with E-state index in [-0.39, 0.29) is 18.5 Å². The van der Waals surface area contributed by atoms with Gasteiger partial charge >= 0.3 is 5.97 Å². The van der Waals surface area contributed by atoms with Gasteiger partial charge in [0.15, 0.2) is 0 Å². The number of esters is 1. The summed E-state index contributed by atoms with van der Waals surface area (Å²) < 4.78 is 10.0. The molecule has 0 aliphatic carbocycles. The van der Waals surface area contributed by atoms with Crippen molar-refractivity contribution in [1.82, 2.24) is 4.98 Å². The summed E-state index contributed by atoms with van der Waals surface area (Å²) in [6.07, 6.45) is 1.43. The van der Waals surface area contributed by atoms with Crippen LogP contribution in [-0.4, -0.2) is 24.0 Å². The number of hydrogen-bond donors (Lipinski definition) is 1. The van der Waals surface area contributed by atoms with Crippen molar-refractivity contribution < 1.29 is 19.1 Å². The smallest absolute Gasteiger partial charge is 0.303 e. The summed E-state index contributed by atoms with van der Waals surface area (Å²) in [5.74, 6) is -0.0916. The standard InChI is InChI=1S/C16H16N2O4/c1-11(19)22-10-13-8-7-12(9-17-13)16(20)18-14-5-3-4-6-15(14)21-2/h3-9H,10H2,1-2H3,(H,18,20). The summed E-state index contributed by atoms with van der Waals surface area (Å²) in [5.41, 5.74) is 1.56. The monoisotopic (exact) mass is 300 g/mol. The molecule has 2 aromatic rings. The Bertz CT molecular complexity index is 668. The average molecular weight is 300 g/mol. The fourth-order valence-electron chi connectivity index (χ4n) is 1.76. The number of benzene rings is 1. The number of methoxy groups -OCH3 is 1. The third-order valence-electron chi connectivity index (χ3n) is 2.87. The normalized spacial score (nSPS) is 9.91. The van der Waals surface area contributed by atoms with Crippen LogP contribution in [0.4, 0.5) is 5.69 Å². The molecule has 114 valence electrons. The van der Waals surface area contributed by atoms with Gasteiger partial charge < -0.3 is 14.8 Å². The van der Waals surface area contributed by atoms with Crippen LogP contribution in [-0.2, 0) is 16.1 Å². The molecule has 0 radical (unpaired) electrons. The largest absolute Gasteiger partial charge is 0.495 e. The first-order chi connectivity index (χ1) is 10.6. The van der Waals surface area contributed by atoms with Crippen molar-refractivity contribution in [3.05, 3.63) is 53.9 Å². The van der Waals surface area contributed by atoms with Crippen LogP contribution in [0.5, 0.6) is 5.75 Å². The molecule has 0 aliphatic heterocycles. The molecule has 0 fully saturated rings. The van der Waals surface area contributed by atoms with Gasteiger partial charge in [-0.1, -0.05) is 12.1 Å². The molecule has 0 bridgehead atoms. The summed E-state index contributed by atoms with van der Waals surface area (Å²) in [6, 6.07) is 10.4. The second kappa shape index (κ2) is 7.21. The highest BCUT2D eigenvalue weighted by Crippen LogP contribution is 2.23. The molecule has 1 aromatic carbocycles. The predicted octanol–water partition coefficient (Wildman–Crippen LogP) is 2.41. The Hall–Kier alpha value is -2.89. The molecule has 0 atom stereocenters. The Kier molecular flexibility index (Phi) is 5.08. The number of aromatic nitrogens is 1. The van der Waals surface area contributed by atoms with Crippen LogP contribution in [0.15, 0.2) is 42.6 Å². The van der Waals surface area contributed by atoms with Gasteiger partial charge in [0.2, 0.25) is 0 Å². The minimum Gasteiger partial charge on any atom is -0.495 e. The second-order valence-corrected chi connectivity index (χ2v) is 4.47. The first-order valence-corrected chi connectivity index (χ1v) is 6.63. The highest BCUT2D eigenvalue weighted by atomic mass is 16.5. The van der Waals surface area contributed by atoms with Gasteiger partial charge in [0.1, 0.15) is 12.4 Å². The molecule has 0 aliphatic rings. The van der Waals surface area contributed by atoms with Crippen molar-refractivity contribution in [3.8, 4) is 5.75 Å². The second-order valence-electron chi connectivity index (χ2n) is 4.47. The quantitative estimate of drug-likeness (QED) is 0.858. The van der Waals surface area contributed by atoms with Gasteiger partial charge in [-0.3, -0.25) is 14.6 Å². The minimum absolute atomic E-state index is 0.0870. The molecule has 1 heterocycles. The highest BCUT2D eigenvalue weighted by Gasteiger charge is 2.10. The van der Waals surface area contributed by atoms with Gasteiger partial charge in [0.25, 0.3) is 5.91 Å². The lowest BCUT2D eigenvalue weighted by Gasteiger charge is -2.09. The van der Waals surface area contributed by atoms with E-state index in [1.807, 2.05) is 6.07 Å². The molecule has 22 heavy (non-hydrogen) atoms. The minimum atomic E-state index is -0.375. The lowest BCUT2D eigenvalue weighted by Crippen LogP contribution is -2.13. The van der Waals surface area contributed by atoms with E-state index in [4.69, 9.17) is 9.47 Å². The van der Waals surface area contributed by atoms with E-state index in [0.717, 1.165) is 0 Å². The molecule has 0 spiro atoms. The third kappa shape index (κ3) is 4.05. The zero-order chi connectivity index (χ0) is 15.9. The topological polar surface area (TPSA) is 77.5 Å². The maximum Gasteiger partial charge on any atom is 0.303 e. The molecule has 6 nitrogen and oxygen atoms in total. The number of para-hydroxylation sites is 2. The van der Waals surface area contributed by atoms with E-state index in [9.17, 15) is 9.59 Å². The number of amides is 1. The molecule has 1 N–H and O–H groups in total. The zero-order valence-electron chi connectivity index (χ0n) is 12.3. The van der Waals surface area contributed by atoms with Crippen LogP contribution in [0.2, 0.25) is 0 Å². The van der Waals surface area contributed by atoms with E-state index in [0.29, 0.717) is 22.7 Å².